The molecule has 0 spiro atoms. The maximum absolute atomic E-state index is 12.2. The van der Waals surface area contributed by atoms with E-state index in [1.807, 2.05) is 13.0 Å². The van der Waals surface area contributed by atoms with Gasteiger partial charge in [0.05, 0.1) is 13.3 Å². The first-order valence-corrected chi connectivity index (χ1v) is 9.52. The lowest BCUT2D eigenvalue weighted by molar-refractivity contribution is -0.129. The number of rotatable bonds is 8. The first kappa shape index (κ1) is 21.1. The zero-order valence-corrected chi connectivity index (χ0v) is 17.2. The third-order valence-corrected chi connectivity index (χ3v) is 4.69. The van der Waals surface area contributed by atoms with Gasteiger partial charge in [0.15, 0.2) is 11.5 Å². The molecule has 2 aromatic rings. The molecule has 1 aliphatic heterocycles. The summed E-state index contributed by atoms with van der Waals surface area (Å²) in [6, 6.07) is 5.04. The largest absolute Gasteiger partial charge is 0.492 e. The maximum Gasteiger partial charge on any atom is 0.271 e. The highest BCUT2D eigenvalue weighted by molar-refractivity contribution is 5.95. The summed E-state index contributed by atoms with van der Waals surface area (Å²) < 4.78 is 16.6. The van der Waals surface area contributed by atoms with Crippen LogP contribution in [0.3, 0.4) is 0 Å². The number of ether oxygens (including phenoxy) is 3. The number of nitrogens with zero attached hydrogens (tertiary/aromatic N) is 3. The van der Waals surface area contributed by atoms with Gasteiger partial charge in [-0.25, -0.2) is 5.43 Å². The Bertz CT molecular complexity index is 946. The number of fused-ring (bicyclic) bond motifs is 1. The molecule has 0 aliphatic carbocycles. The minimum absolute atomic E-state index is 0.0579. The molecule has 2 amide bonds. The number of aromatic nitrogens is 1. The third-order valence-electron chi connectivity index (χ3n) is 4.69. The highest BCUT2D eigenvalue weighted by atomic mass is 16.7. The number of nitrogens with one attached hydrogen (secondary N) is 1. The molecule has 1 N–H and O–H groups in total. The Kier molecular flexibility index (Phi) is 6.84. The number of hydrazone groups is 1. The molecule has 30 heavy (non-hydrogen) atoms. The summed E-state index contributed by atoms with van der Waals surface area (Å²) in [5.74, 6) is 1.22. The van der Waals surface area contributed by atoms with Gasteiger partial charge in [-0.05, 0) is 30.2 Å². The van der Waals surface area contributed by atoms with Gasteiger partial charge in [0.25, 0.3) is 5.91 Å². The number of likely N-dealkylation sites (N-methyl/N-ethyl adjacent to an activating group) is 1. The standard InChI is InChI=1S/C21H24N4O5/c1-4-18(26)25(2)10-7-15-11-17-20(30-13-29-17)19(28-3)16(15)12-23-24-21(27)14-5-8-22-9-6-14/h5-6,8-9,11-12H,4,7,10,13H2,1-3H3,(H,24,27)/b23-12-. The van der Waals surface area contributed by atoms with Crippen LogP contribution in [-0.4, -0.2) is 55.4 Å². The highest BCUT2D eigenvalue weighted by Crippen LogP contribution is 2.44. The van der Waals surface area contributed by atoms with E-state index in [-0.39, 0.29) is 18.6 Å². The Labute approximate surface area is 174 Å². The predicted octanol–water partition coefficient (Wildman–Crippen LogP) is 1.99. The van der Waals surface area contributed by atoms with Crippen LogP contribution in [0.1, 0.15) is 34.8 Å². The third kappa shape index (κ3) is 4.68. The van der Waals surface area contributed by atoms with E-state index in [2.05, 4.69) is 15.5 Å². The molecule has 0 radical (unpaired) electrons. The second kappa shape index (κ2) is 9.73. The molecule has 1 aromatic carbocycles. The van der Waals surface area contributed by atoms with Crippen LogP contribution in [0, 0.1) is 0 Å². The average molecular weight is 412 g/mol. The van der Waals surface area contributed by atoms with Crippen LogP contribution in [0.25, 0.3) is 0 Å². The number of amides is 2. The van der Waals surface area contributed by atoms with E-state index in [0.29, 0.717) is 47.8 Å². The van der Waals surface area contributed by atoms with Crippen molar-refractivity contribution < 1.29 is 23.8 Å². The van der Waals surface area contributed by atoms with Crippen molar-refractivity contribution in [2.24, 2.45) is 5.10 Å². The summed E-state index contributed by atoms with van der Waals surface area (Å²) in [6.07, 6.45) is 5.57. The second-order valence-corrected chi connectivity index (χ2v) is 6.57. The lowest BCUT2D eigenvalue weighted by Crippen LogP contribution is -2.28. The van der Waals surface area contributed by atoms with Gasteiger partial charge in [0, 0.05) is 43.5 Å². The molecule has 0 fully saturated rings. The summed E-state index contributed by atoms with van der Waals surface area (Å²) in [7, 11) is 3.29. The van der Waals surface area contributed by atoms with Crippen LogP contribution < -0.4 is 19.6 Å². The van der Waals surface area contributed by atoms with Crippen LogP contribution in [0.2, 0.25) is 0 Å². The van der Waals surface area contributed by atoms with Crippen LogP contribution >= 0.6 is 0 Å². The van der Waals surface area contributed by atoms with E-state index in [1.165, 1.54) is 25.7 Å². The van der Waals surface area contributed by atoms with E-state index in [4.69, 9.17) is 14.2 Å². The molecule has 1 aliphatic rings. The highest BCUT2D eigenvalue weighted by Gasteiger charge is 2.25. The van der Waals surface area contributed by atoms with Gasteiger partial charge in [0.1, 0.15) is 0 Å². The van der Waals surface area contributed by atoms with Crippen LogP contribution in [0.5, 0.6) is 17.2 Å². The maximum atomic E-state index is 12.2. The fourth-order valence-electron chi connectivity index (χ4n) is 3.03. The molecule has 3 rings (SSSR count). The Balaban J connectivity index is 1.85. The van der Waals surface area contributed by atoms with E-state index in [0.717, 1.165) is 5.56 Å². The Morgan fingerprint density at radius 3 is 2.80 bits per heavy atom. The molecule has 0 bridgehead atoms. The van der Waals surface area contributed by atoms with Crippen molar-refractivity contribution in [1.29, 1.82) is 0 Å². The average Bonchev–Trinajstić information content (AvgIpc) is 3.25. The van der Waals surface area contributed by atoms with E-state index in [1.54, 1.807) is 24.1 Å². The molecule has 0 atom stereocenters. The Hall–Kier alpha value is -3.62. The van der Waals surface area contributed by atoms with Crippen molar-refractivity contribution in [3.05, 3.63) is 47.3 Å². The topological polar surface area (TPSA) is 102 Å². The van der Waals surface area contributed by atoms with Gasteiger partial charge in [-0.2, -0.15) is 5.10 Å². The smallest absolute Gasteiger partial charge is 0.271 e. The van der Waals surface area contributed by atoms with Gasteiger partial charge in [0.2, 0.25) is 18.4 Å². The van der Waals surface area contributed by atoms with Crippen molar-refractivity contribution in [3.8, 4) is 17.2 Å². The number of carbonyl (C=O) groups is 2. The summed E-state index contributed by atoms with van der Waals surface area (Å²) in [6.45, 7) is 2.43. The van der Waals surface area contributed by atoms with E-state index < -0.39 is 0 Å². The molecular formula is C21H24N4O5. The van der Waals surface area contributed by atoms with Gasteiger partial charge in [-0.3, -0.25) is 14.6 Å². The lowest BCUT2D eigenvalue weighted by Gasteiger charge is -2.18. The van der Waals surface area contributed by atoms with Gasteiger partial charge >= 0.3 is 0 Å². The molecule has 0 saturated carbocycles. The second-order valence-electron chi connectivity index (χ2n) is 6.57. The summed E-state index contributed by atoms with van der Waals surface area (Å²) in [4.78, 5) is 29.7. The zero-order chi connectivity index (χ0) is 21.5. The number of benzene rings is 1. The number of methoxy groups -OCH3 is 1. The normalized spacial score (nSPS) is 12.1. The summed E-state index contributed by atoms with van der Waals surface area (Å²) in [5, 5.41) is 4.09. The number of hydrogen-bond donors (Lipinski definition) is 1. The lowest BCUT2D eigenvalue weighted by atomic mass is 10.0. The van der Waals surface area contributed by atoms with Gasteiger partial charge in [-0.1, -0.05) is 6.92 Å². The monoisotopic (exact) mass is 412 g/mol. The van der Waals surface area contributed by atoms with Crippen LogP contribution in [0.15, 0.2) is 35.7 Å². The van der Waals surface area contributed by atoms with Gasteiger partial charge in [-0.15, -0.1) is 0 Å². The molecule has 1 aromatic heterocycles. The van der Waals surface area contributed by atoms with Crippen molar-refractivity contribution >= 4 is 18.0 Å². The van der Waals surface area contributed by atoms with Crippen molar-refractivity contribution in [2.75, 3.05) is 27.5 Å². The first-order valence-electron chi connectivity index (χ1n) is 9.52. The molecule has 0 saturated heterocycles. The molecule has 0 unspecified atom stereocenters. The molecule has 158 valence electrons. The van der Waals surface area contributed by atoms with Gasteiger partial charge < -0.3 is 19.1 Å². The molecular weight excluding hydrogens is 388 g/mol. The molecule has 9 nitrogen and oxygen atoms in total. The number of pyridine rings is 1. The number of hydrogen-bond acceptors (Lipinski definition) is 7. The quantitative estimate of drug-likeness (QED) is 0.526. The first-order chi connectivity index (χ1) is 14.5. The van der Waals surface area contributed by atoms with Crippen LogP contribution in [0.4, 0.5) is 0 Å². The van der Waals surface area contributed by atoms with Crippen molar-refractivity contribution in [1.82, 2.24) is 15.3 Å². The minimum Gasteiger partial charge on any atom is -0.492 e. The van der Waals surface area contributed by atoms with Crippen molar-refractivity contribution in [2.45, 2.75) is 19.8 Å². The van der Waals surface area contributed by atoms with E-state index >= 15 is 0 Å². The zero-order valence-electron chi connectivity index (χ0n) is 17.2. The van der Waals surface area contributed by atoms with Crippen LogP contribution in [-0.2, 0) is 11.2 Å². The summed E-state index contributed by atoms with van der Waals surface area (Å²) >= 11 is 0. The predicted molar refractivity (Wildman–Crippen MR) is 110 cm³/mol. The fourth-order valence-corrected chi connectivity index (χ4v) is 3.03. The SMILES string of the molecule is CCC(=O)N(C)CCc1cc2c(c(OC)c1/C=N\NC(=O)c1ccncc1)OCO2. The molecule has 9 heteroatoms. The molecule has 2 heterocycles. The Morgan fingerprint density at radius 2 is 2.10 bits per heavy atom. The number of carbonyl (C=O) groups excluding carboxylic acids is 2. The fraction of sp³-hybridized carbons (Fsp3) is 0.333. The Morgan fingerprint density at radius 1 is 1.33 bits per heavy atom. The van der Waals surface area contributed by atoms with E-state index in [9.17, 15) is 9.59 Å². The minimum atomic E-state index is -0.358. The summed E-state index contributed by atoms with van der Waals surface area (Å²) in [5.41, 5.74) is 4.44. The van der Waals surface area contributed by atoms with Crippen molar-refractivity contribution in [3.63, 3.8) is 0 Å².